The third kappa shape index (κ3) is 5.88. The first-order chi connectivity index (χ1) is 13.2. The fourth-order valence-corrected chi connectivity index (χ4v) is 3.49. The van der Waals surface area contributed by atoms with Crippen molar-refractivity contribution in [3.8, 4) is 0 Å². The summed E-state index contributed by atoms with van der Waals surface area (Å²) in [5.41, 5.74) is 2.29. The number of hydrogen-bond acceptors (Lipinski definition) is 6. The minimum atomic E-state index is -5.08. The van der Waals surface area contributed by atoms with Gasteiger partial charge in [0.25, 0.3) is 0 Å². The molecule has 1 atom stereocenters. The van der Waals surface area contributed by atoms with Gasteiger partial charge in [0.2, 0.25) is 0 Å². The lowest BCUT2D eigenvalue weighted by Gasteiger charge is -2.34. The Kier molecular flexibility index (Phi) is 7.72. The molecule has 3 rings (SSSR count). The van der Waals surface area contributed by atoms with Gasteiger partial charge in [0, 0.05) is 31.4 Å². The van der Waals surface area contributed by atoms with E-state index in [1.807, 2.05) is 11.7 Å². The summed E-state index contributed by atoms with van der Waals surface area (Å²) in [6.45, 7) is 6.85. The van der Waals surface area contributed by atoms with Crippen LogP contribution in [0.4, 0.5) is 13.2 Å². The zero-order valence-corrected chi connectivity index (χ0v) is 16.0. The molecule has 28 heavy (non-hydrogen) atoms. The van der Waals surface area contributed by atoms with Crippen molar-refractivity contribution >= 4 is 17.3 Å². The standard InChI is InChI=1S/C15H20N4OS.C2HF3O2/c1-3-8-20-11-14-15-13(18(2)17-16-15)6-7-19(14)10-12-5-4-9-21-12;3-2(4,5)1(6)7/h3-5,9,14H,1,6-8,10-11H2,2H3;(H,6,7). The quantitative estimate of drug-likeness (QED) is 0.574. The Bertz CT molecular complexity index is 777. The van der Waals surface area contributed by atoms with Gasteiger partial charge in [-0.1, -0.05) is 17.4 Å². The number of hydrogen-bond donors (Lipinski definition) is 1. The minimum Gasteiger partial charge on any atom is -0.475 e. The normalized spacial score (nSPS) is 16.8. The fraction of sp³-hybridized carbons (Fsp3) is 0.471. The number of carboxylic acids is 1. The zero-order valence-electron chi connectivity index (χ0n) is 15.2. The largest absolute Gasteiger partial charge is 0.490 e. The predicted octanol–water partition coefficient (Wildman–Crippen LogP) is 2.81. The molecule has 0 bridgehead atoms. The molecule has 0 aromatic carbocycles. The molecule has 0 radical (unpaired) electrons. The van der Waals surface area contributed by atoms with Crippen LogP contribution in [0.3, 0.4) is 0 Å². The van der Waals surface area contributed by atoms with E-state index in [4.69, 9.17) is 14.6 Å². The number of nitrogens with zero attached hydrogens (tertiary/aromatic N) is 4. The van der Waals surface area contributed by atoms with Crippen LogP contribution in [0.15, 0.2) is 30.2 Å². The van der Waals surface area contributed by atoms with E-state index in [2.05, 4.69) is 39.3 Å². The van der Waals surface area contributed by atoms with Crippen LogP contribution in [0.5, 0.6) is 0 Å². The van der Waals surface area contributed by atoms with Crippen LogP contribution in [-0.4, -0.2) is 56.9 Å². The van der Waals surface area contributed by atoms with Crippen molar-refractivity contribution in [2.75, 3.05) is 19.8 Å². The molecule has 0 spiro atoms. The number of thiophene rings is 1. The van der Waals surface area contributed by atoms with Crippen molar-refractivity contribution in [1.82, 2.24) is 19.9 Å². The van der Waals surface area contributed by atoms with Crippen molar-refractivity contribution in [2.24, 2.45) is 7.05 Å². The summed E-state index contributed by atoms with van der Waals surface area (Å²) < 4.78 is 39.3. The van der Waals surface area contributed by atoms with Crippen molar-refractivity contribution in [1.29, 1.82) is 0 Å². The number of aromatic nitrogens is 3. The second kappa shape index (κ2) is 9.80. The van der Waals surface area contributed by atoms with Gasteiger partial charge >= 0.3 is 12.1 Å². The number of halogens is 3. The monoisotopic (exact) mass is 418 g/mol. The van der Waals surface area contributed by atoms with Crippen LogP contribution in [0.25, 0.3) is 0 Å². The second-order valence-corrected chi connectivity index (χ2v) is 7.02. The summed E-state index contributed by atoms with van der Waals surface area (Å²) in [6, 6.07) is 4.45. The number of aliphatic carboxylic acids is 1. The minimum absolute atomic E-state index is 0.171. The summed E-state index contributed by atoms with van der Waals surface area (Å²) in [6.07, 6.45) is -2.31. The van der Waals surface area contributed by atoms with Crippen molar-refractivity contribution in [3.63, 3.8) is 0 Å². The third-order valence-electron chi connectivity index (χ3n) is 4.06. The van der Waals surface area contributed by atoms with Gasteiger partial charge in [0.05, 0.1) is 24.9 Å². The third-order valence-corrected chi connectivity index (χ3v) is 4.92. The molecule has 0 saturated carbocycles. The smallest absolute Gasteiger partial charge is 0.475 e. The van der Waals surface area contributed by atoms with Crippen LogP contribution in [0.2, 0.25) is 0 Å². The van der Waals surface area contributed by atoms with E-state index in [1.54, 1.807) is 17.4 Å². The molecule has 1 aliphatic rings. The van der Waals surface area contributed by atoms with Gasteiger partial charge in [0.1, 0.15) is 5.69 Å². The number of carboxylic acid groups (broad SMARTS) is 1. The summed E-state index contributed by atoms with van der Waals surface area (Å²) in [7, 11) is 1.96. The second-order valence-electron chi connectivity index (χ2n) is 5.99. The van der Waals surface area contributed by atoms with Crippen LogP contribution in [0.1, 0.15) is 22.3 Å². The molecule has 2 aromatic heterocycles. The zero-order chi connectivity index (χ0) is 20.7. The lowest BCUT2D eigenvalue weighted by atomic mass is 10.0. The average Bonchev–Trinajstić information content (AvgIpc) is 3.26. The number of fused-ring (bicyclic) bond motifs is 1. The molecular formula is C17H21F3N4O3S. The van der Waals surface area contributed by atoms with Crippen LogP contribution in [-0.2, 0) is 29.5 Å². The average molecular weight is 418 g/mol. The molecule has 11 heteroatoms. The van der Waals surface area contributed by atoms with Crippen molar-refractivity contribution in [3.05, 3.63) is 46.4 Å². The van der Waals surface area contributed by atoms with Gasteiger partial charge < -0.3 is 9.84 Å². The van der Waals surface area contributed by atoms with Gasteiger partial charge in [-0.25, -0.2) is 4.79 Å². The van der Waals surface area contributed by atoms with E-state index >= 15 is 0 Å². The van der Waals surface area contributed by atoms with Gasteiger partial charge in [0.15, 0.2) is 0 Å². The molecule has 1 aliphatic heterocycles. The Labute approximate surface area is 164 Å². The van der Waals surface area contributed by atoms with E-state index in [0.717, 1.165) is 25.2 Å². The highest BCUT2D eigenvalue weighted by Gasteiger charge is 2.38. The molecule has 0 aliphatic carbocycles. The van der Waals surface area contributed by atoms with E-state index in [9.17, 15) is 13.2 Å². The summed E-state index contributed by atoms with van der Waals surface area (Å²) in [4.78, 5) is 12.7. The molecule has 0 amide bonds. The Hall–Kier alpha value is -2.24. The maximum Gasteiger partial charge on any atom is 0.490 e. The maximum absolute atomic E-state index is 10.6. The molecule has 0 saturated heterocycles. The van der Waals surface area contributed by atoms with E-state index in [-0.39, 0.29) is 6.04 Å². The Morgan fingerprint density at radius 1 is 1.54 bits per heavy atom. The number of aryl methyl sites for hydroxylation is 1. The number of ether oxygens (including phenoxy) is 1. The summed E-state index contributed by atoms with van der Waals surface area (Å²) in [5.74, 6) is -2.76. The highest BCUT2D eigenvalue weighted by molar-refractivity contribution is 7.09. The Balaban J connectivity index is 0.000000345. The Morgan fingerprint density at radius 3 is 2.82 bits per heavy atom. The summed E-state index contributed by atoms with van der Waals surface area (Å²) >= 11 is 1.79. The van der Waals surface area contributed by atoms with Crippen molar-refractivity contribution < 1.29 is 27.8 Å². The first kappa shape index (κ1) is 22.1. The fourth-order valence-electron chi connectivity index (χ4n) is 2.76. The Morgan fingerprint density at radius 2 is 2.25 bits per heavy atom. The molecular weight excluding hydrogens is 397 g/mol. The summed E-state index contributed by atoms with van der Waals surface area (Å²) in [5, 5.41) is 17.8. The lowest BCUT2D eigenvalue weighted by Crippen LogP contribution is -2.37. The van der Waals surface area contributed by atoms with Gasteiger partial charge in [-0.15, -0.1) is 23.0 Å². The first-order valence-electron chi connectivity index (χ1n) is 8.37. The van der Waals surface area contributed by atoms with E-state index in [0.29, 0.717) is 13.2 Å². The predicted molar refractivity (Wildman–Crippen MR) is 96.9 cm³/mol. The first-order valence-corrected chi connectivity index (χ1v) is 9.25. The van der Waals surface area contributed by atoms with Gasteiger partial charge in [-0.3, -0.25) is 9.58 Å². The number of rotatable bonds is 6. The van der Waals surface area contributed by atoms with Crippen molar-refractivity contribution in [2.45, 2.75) is 25.2 Å². The van der Waals surface area contributed by atoms with Crippen LogP contribution < -0.4 is 0 Å². The molecule has 154 valence electrons. The molecule has 3 heterocycles. The highest BCUT2D eigenvalue weighted by atomic mass is 32.1. The molecule has 2 aromatic rings. The highest BCUT2D eigenvalue weighted by Crippen LogP contribution is 2.30. The molecule has 0 fully saturated rings. The van der Waals surface area contributed by atoms with Gasteiger partial charge in [-0.05, 0) is 11.4 Å². The SMILES string of the molecule is C=CCOCC1c2nnn(C)c2CCN1Cc1cccs1.O=C(O)C(F)(F)F. The lowest BCUT2D eigenvalue weighted by molar-refractivity contribution is -0.192. The van der Waals surface area contributed by atoms with Crippen LogP contribution >= 0.6 is 11.3 Å². The number of carbonyl (C=O) groups is 1. The van der Waals surface area contributed by atoms with E-state index < -0.39 is 12.1 Å². The molecule has 1 unspecified atom stereocenters. The maximum atomic E-state index is 10.6. The topological polar surface area (TPSA) is 80.5 Å². The van der Waals surface area contributed by atoms with Gasteiger partial charge in [-0.2, -0.15) is 13.2 Å². The van der Waals surface area contributed by atoms with Crippen LogP contribution in [0, 0.1) is 0 Å². The number of alkyl halides is 3. The molecule has 7 nitrogen and oxygen atoms in total. The molecule has 1 N–H and O–H groups in total. The van der Waals surface area contributed by atoms with E-state index in [1.165, 1.54) is 10.6 Å².